The summed E-state index contributed by atoms with van der Waals surface area (Å²) < 4.78 is 46.6. The van der Waals surface area contributed by atoms with Crippen molar-refractivity contribution in [2.24, 2.45) is 0 Å². The molecular formula is C30H33F3LiN5O4. The maximum atomic E-state index is 13.7. The number of amides is 1. The number of alkyl halides is 3. The van der Waals surface area contributed by atoms with Gasteiger partial charge in [-0.3, -0.25) is 4.98 Å². The molecule has 9 nitrogen and oxygen atoms in total. The van der Waals surface area contributed by atoms with E-state index in [0.717, 1.165) is 24.6 Å². The van der Waals surface area contributed by atoms with Crippen molar-refractivity contribution >= 4 is 23.7 Å². The number of carboxylic acid groups (broad SMARTS) is 1. The number of aromatic nitrogens is 3. The van der Waals surface area contributed by atoms with E-state index >= 15 is 0 Å². The summed E-state index contributed by atoms with van der Waals surface area (Å²) in [6, 6.07) is 10.6. The smallest absolute Gasteiger partial charge is 0.550 e. The third-order valence-corrected chi connectivity index (χ3v) is 6.88. The van der Waals surface area contributed by atoms with Crippen LogP contribution in [0.5, 0.6) is 0 Å². The van der Waals surface area contributed by atoms with Crippen LogP contribution in [0.2, 0.25) is 0 Å². The molecule has 3 heterocycles. The molecule has 0 unspecified atom stereocenters. The predicted octanol–water partition coefficient (Wildman–Crippen LogP) is 1.83. The molecule has 0 radical (unpaired) electrons. The third-order valence-electron chi connectivity index (χ3n) is 6.88. The Morgan fingerprint density at radius 1 is 1.02 bits per heavy atom. The number of carbonyl (C=O) groups is 2. The number of aryl methyl sites for hydroxylation is 2. The van der Waals surface area contributed by atoms with Crippen molar-refractivity contribution in [1.29, 1.82) is 0 Å². The molecule has 0 aliphatic carbocycles. The zero-order chi connectivity index (χ0) is 30.5. The molecule has 1 aromatic carbocycles. The molecule has 3 aromatic rings. The quantitative estimate of drug-likeness (QED) is 0.394. The Balaban J connectivity index is 0.00000506. The van der Waals surface area contributed by atoms with Gasteiger partial charge in [0, 0.05) is 49.3 Å². The summed E-state index contributed by atoms with van der Waals surface area (Å²) in [5, 5.41) is 14.0. The maximum Gasteiger partial charge on any atom is 1.00 e. The van der Waals surface area contributed by atoms with Gasteiger partial charge in [0.15, 0.2) is 0 Å². The standard InChI is InChI=1S/C30H34F3N5O4.Li/c1-29(2,3)42-28(41)38-15-12-20(13-16-38)19-6-8-22(9-7-19)36-27-35-18-23(30(31,32)33)25(37-27)11-10-24-21(17-26(39)40)5-4-14-34-24;/h4-9,14,18,20H,10-13,15-17H2,1-3H3,(H,39,40)(H,35,36,37);/q;+1/p-1. The normalized spacial score (nSPS) is 14.1. The molecule has 13 heteroatoms. The summed E-state index contributed by atoms with van der Waals surface area (Å²) in [5.74, 6) is -1.03. The topological polar surface area (TPSA) is 120 Å². The van der Waals surface area contributed by atoms with E-state index in [9.17, 15) is 27.9 Å². The Labute approximate surface area is 260 Å². The molecule has 0 saturated carbocycles. The molecule has 1 aliphatic rings. The summed E-state index contributed by atoms with van der Waals surface area (Å²) in [4.78, 5) is 37.3. The van der Waals surface area contributed by atoms with Crippen LogP contribution in [0.3, 0.4) is 0 Å². The Bertz CT molecular complexity index is 1410. The Morgan fingerprint density at radius 3 is 2.28 bits per heavy atom. The molecule has 1 saturated heterocycles. The molecule has 0 atom stereocenters. The first-order valence-corrected chi connectivity index (χ1v) is 13.7. The summed E-state index contributed by atoms with van der Waals surface area (Å²) in [5.41, 5.74) is 0.732. The average Bonchev–Trinajstić information content (AvgIpc) is 2.91. The zero-order valence-electron chi connectivity index (χ0n) is 24.7. The van der Waals surface area contributed by atoms with Crippen molar-refractivity contribution in [1.82, 2.24) is 19.9 Å². The Kier molecular flexibility index (Phi) is 11.2. The van der Waals surface area contributed by atoms with Gasteiger partial charge in [-0.1, -0.05) is 18.2 Å². The van der Waals surface area contributed by atoms with E-state index in [1.165, 1.54) is 6.20 Å². The number of nitrogens with one attached hydrogen (secondary N) is 1. The number of ether oxygens (including phenoxy) is 1. The Morgan fingerprint density at radius 2 is 1.67 bits per heavy atom. The van der Waals surface area contributed by atoms with Crippen molar-refractivity contribution in [3.05, 3.63) is 76.9 Å². The summed E-state index contributed by atoms with van der Waals surface area (Å²) in [6.07, 6.45) is -1.63. The van der Waals surface area contributed by atoms with E-state index in [1.54, 1.807) is 17.0 Å². The van der Waals surface area contributed by atoms with Crippen LogP contribution >= 0.6 is 0 Å². The van der Waals surface area contributed by atoms with Crippen LogP contribution in [-0.4, -0.2) is 50.6 Å². The van der Waals surface area contributed by atoms with Gasteiger partial charge < -0.3 is 24.9 Å². The van der Waals surface area contributed by atoms with Crippen molar-refractivity contribution in [3.63, 3.8) is 0 Å². The molecule has 43 heavy (non-hydrogen) atoms. The molecule has 1 fully saturated rings. The minimum atomic E-state index is -4.66. The summed E-state index contributed by atoms with van der Waals surface area (Å²) in [7, 11) is 0. The average molecular weight is 592 g/mol. The van der Waals surface area contributed by atoms with Crippen molar-refractivity contribution < 1.29 is 51.5 Å². The number of nitrogens with zero attached hydrogens (tertiary/aromatic N) is 4. The van der Waals surface area contributed by atoms with Gasteiger partial charge in [0.1, 0.15) is 5.60 Å². The van der Waals surface area contributed by atoms with Crippen LogP contribution < -0.4 is 29.3 Å². The molecule has 1 amide bonds. The van der Waals surface area contributed by atoms with E-state index in [0.29, 0.717) is 30.0 Å². The first kappa shape index (κ1) is 33.9. The van der Waals surface area contributed by atoms with E-state index in [2.05, 4.69) is 20.3 Å². The second-order valence-corrected chi connectivity index (χ2v) is 11.2. The molecule has 4 rings (SSSR count). The molecule has 224 valence electrons. The number of hydrogen-bond donors (Lipinski definition) is 1. The number of likely N-dealkylation sites (tertiary alicyclic amines) is 1. The van der Waals surface area contributed by atoms with Gasteiger partial charge in [0.05, 0.1) is 11.3 Å². The number of carboxylic acids is 1. The number of halogens is 3. The van der Waals surface area contributed by atoms with Crippen molar-refractivity contribution in [3.8, 4) is 0 Å². The minimum absolute atomic E-state index is 0. The second kappa shape index (κ2) is 14.2. The number of anilines is 2. The first-order chi connectivity index (χ1) is 19.8. The fourth-order valence-corrected chi connectivity index (χ4v) is 4.84. The number of pyridine rings is 1. The fraction of sp³-hybridized carbons (Fsp3) is 0.433. The maximum absolute atomic E-state index is 13.7. The minimum Gasteiger partial charge on any atom is -0.550 e. The molecule has 0 spiro atoms. The van der Waals surface area contributed by atoms with E-state index in [-0.39, 0.29) is 61.8 Å². The molecule has 1 aliphatic heterocycles. The molecule has 1 N–H and O–H groups in total. The number of rotatable bonds is 8. The van der Waals surface area contributed by atoms with Gasteiger partial charge in [-0.2, -0.15) is 13.2 Å². The fourth-order valence-electron chi connectivity index (χ4n) is 4.84. The van der Waals surface area contributed by atoms with Crippen molar-refractivity contribution in [2.75, 3.05) is 18.4 Å². The van der Waals surface area contributed by atoms with Gasteiger partial charge in [0.25, 0.3) is 0 Å². The van der Waals surface area contributed by atoms with Gasteiger partial charge in [-0.25, -0.2) is 14.8 Å². The van der Waals surface area contributed by atoms with Gasteiger partial charge in [-0.15, -0.1) is 0 Å². The van der Waals surface area contributed by atoms with Gasteiger partial charge >= 0.3 is 31.1 Å². The van der Waals surface area contributed by atoms with Crippen LogP contribution in [0.1, 0.15) is 67.6 Å². The van der Waals surface area contributed by atoms with Crippen LogP contribution in [0.25, 0.3) is 0 Å². The van der Waals surface area contributed by atoms with Gasteiger partial charge in [-0.05, 0) is 81.7 Å². The molecule has 2 aromatic heterocycles. The third kappa shape index (κ3) is 9.69. The van der Waals surface area contributed by atoms with Crippen molar-refractivity contribution in [2.45, 2.75) is 70.6 Å². The number of carbonyl (C=O) groups excluding carboxylic acids is 2. The van der Waals surface area contributed by atoms with E-state index < -0.39 is 23.3 Å². The number of aliphatic carboxylic acids is 1. The molecule has 0 bridgehead atoms. The van der Waals surface area contributed by atoms with Crippen LogP contribution in [0.4, 0.5) is 29.6 Å². The Hall–Kier alpha value is -3.62. The summed E-state index contributed by atoms with van der Waals surface area (Å²) >= 11 is 0. The first-order valence-electron chi connectivity index (χ1n) is 13.7. The number of benzene rings is 1. The van der Waals surface area contributed by atoms with Crippen LogP contribution in [0, 0.1) is 0 Å². The predicted molar refractivity (Wildman–Crippen MR) is 147 cm³/mol. The monoisotopic (exact) mass is 591 g/mol. The number of piperidine rings is 1. The largest absolute Gasteiger partial charge is 1.00 e. The molecular weight excluding hydrogens is 558 g/mol. The van der Waals surface area contributed by atoms with E-state index in [1.807, 2.05) is 45.0 Å². The van der Waals surface area contributed by atoms with Crippen LogP contribution in [0.15, 0.2) is 48.8 Å². The van der Waals surface area contributed by atoms with Crippen LogP contribution in [-0.2, 0) is 35.0 Å². The zero-order valence-corrected chi connectivity index (χ0v) is 24.7. The second-order valence-electron chi connectivity index (χ2n) is 11.2. The SMILES string of the molecule is CC(C)(C)OC(=O)N1CCC(c2ccc(Nc3ncc(C(F)(F)F)c(CCc4ncccc4CC(=O)[O-])n3)cc2)CC1.[Li+]. The number of hydrogen-bond acceptors (Lipinski definition) is 8. The van der Waals surface area contributed by atoms with E-state index in [4.69, 9.17) is 4.74 Å². The van der Waals surface area contributed by atoms with Gasteiger partial charge in [0.2, 0.25) is 5.95 Å². The summed E-state index contributed by atoms with van der Waals surface area (Å²) in [6.45, 7) is 6.70.